The molecule has 0 aromatic carbocycles. The van der Waals surface area contributed by atoms with Gasteiger partial charge < -0.3 is 10.5 Å². The molecule has 2 aromatic heterocycles. The van der Waals surface area contributed by atoms with Crippen molar-refractivity contribution in [2.24, 2.45) is 0 Å². The summed E-state index contributed by atoms with van der Waals surface area (Å²) in [6, 6.07) is 1.67. The van der Waals surface area contributed by atoms with Gasteiger partial charge in [-0.15, -0.1) is 0 Å². The largest absolute Gasteiger partial charge is 0.481 e. The van der Waals surface area contributed by atoms with E-state index in [2.05, 4.69) is 37.7 Å². The quantitative estimate of drug-likeness (QED) is 0.831. The van der Waals surface area contributed by atoms with Crippen molar-refractivity contribution in [3.05, 3.63) is 22.0 Å². The van der Waals surface area contributed by atoms with Gasteiger partial charge in [0.05, 0.1) is 16.9 Å². The van der Waals surface area contributed by atoms with Crippen molar-refractivity contribution in [1.29, 1.82) is 0 Å². The van der Waals surface area contributed by atoms with E-state index in [-0.39, 0.29) is 5.95 Å². The molecule has 0 amide bonds. The number of hydrogen-bond donors (Lipinski definition) is 1. The van der Waals surface area contributed by atoms with Crippen LogP contribution in [-0.2, 0) is 0 Å². The van der Waals surface area contributed by atoms with Crippen LogP contribution in [-0.4, -0.2) is 26.9 Å². The molecule has 0 atom stereocenters. The summed E-state index contributed by atoms with van der Waals surface area (Å²) in [6.45, 7) is 0. The number of ether oxygens (including phenoxy) is 1. The average Bonchev–Trinajstić information content (AvgIpc) is 2.64. The fourth-order valence-electron chi connectivity index (χ4n) is 1.08. The second kappa shape index (κ2) is 4.01. The Balaban J connectivity index is 2.48. The third-order valence-electron chi connectivity index (χ3n) is 1.70. The van der Waals surface area contributed by atoms with Crippen molar-refractivity contribution in [2.75, 3.05) is 12.8 Å². The van der Waals surface area contributed by atoms with Crippen molar-refractivity contribution < 1.29 is 4.74 Å². The molecule has 2 N–H and O–H groups in total. The number of halogens is 1. The molecule has 0 saturated carbocycles. The van der Waals surface area contributed by atoms with E-state index in [9.17, 15) is 0 Å². The smallest absolute Gasteiger partial charge is 0.225 e. The molecule has 0 bridgehead atoms. The van der Waals surface area contributed by atoms with Crippen LogP contribution in [0.3, 0.4) is 0 Å². The Labute approximate surface area is 99.6 Å². The summed E-state index contributed by atoms with van der Waals surface area (Å²) in [7, 11) is 1.53. The Bertz CT molecular complexity index is 484. The first kappa shape index (κ1) is 10.1. The molecule has 0 unspecified atom stereocenters. The minimum absolute atomic E-state index is 0.162. The summed E-state index contributed by atoms with van der Waals surface area (Å²) in [5.41, 5.74) is 5.53. The number of nitrogen functional groups attached to an aromatic ring is 1. The van der Waals surface area contributed by atoms with E-state index >= 15 is 0 Å². The second-order valence-electron chi connectivity index (χ2n) is 2.73. The lowest BCUT2D eigenvalue weighted by atomic mass is 10.5. The molecule has 0 fully saturated rings. The van der Waals surface area contributed by atoms with Gasteiger partial charge in [-0.1, -0.05) is 0 Å². The van der Waals surface area contributed by atoms with Gasteiger partial charge in [0.1, 0.15) is 0 Å². The number of anilines is 1. The van der Waals surface area contributed by atoms with Gasteiger partial charge >= 0.3 is 0 Å². The summed E-state index contributed by atoms with van der Waals surface area (Å²) in [5.74, 6) is 1.17. The maximum absolute atomic E-state index is 5.53. The molecule has 0 aliphatic rings. The maximum atomic E-state index is 5.53. The van der Waals surface area contributed by atoms with E-state index in [4.69, 9.17) is 10.5 Å². The molecule has 7 heteroatoms. The average molecular weight is 317 g/mol. The predicted molar refractivity (Wildman–Crippen MR) is 62.8 cm³/mol. The van der Waals surface area contributed by atoms with Crippen LogP contribution in [0.1, 0.15) is 0 Å². The maximum Gasteiger partial charge on any atom is 0.225 e. The lowest BCUT2D eigenvalue weighted by Crippen LogP contribution is -2.04. The Kier molecular flexibility index (Phi) is 2.71. The van der Waals surface area contributed by atoms with Gasteiger partial charge in [-0.05, 0) is 22.6 Å². The number of methoxy groups -OCH3 is 1. The molecule has 0 spiro atoms. The number of nitrogens with two attached hydrogens (primary N) is 1. The van der Waals surface area contributed by atoms with Gasteiger partial charge in [-0.25, -0.2) is 4.68 Å². The molecule has 0 aliphatic carbocycles. The lowest BCUT2D eigenvalue weighted by molar-refractivity contribution is 0.397. The Morgan fingerprint density at radius 3 is 2.87 bits per heavy atom. The van der Waals surface area contributed by atoms with Gasteiger partial charge in [0.15, 0.2) is 5.82 Å². The number of hydrogen-bond acceptors (Lipinski definition) is 5. The van der Waals surface area contributed by atoms with Crippen LogP contribution in [0.15, 0.2) is 18.5 Å². The fraction of sp³-hybridized carbons (Fsp3) is 0.125. The second-order valence-corrected chi connectivity index (χ2v) is 3.98. The van der Waals surface area contributed by atoms with Gasteiger partial charge in [-0.3, -0.25) is 0 Å². The molecule has 2 aromatic rings. The predicted octanol–water partition coefficient (Wildman–Crippen LogP) is 0.858. The summed E-state index contributed by atoms with van der Waals surface area (Å²) in [5, 5.41) is 4.11. The molecule has 78 valence electrons. The van der Waals surface area contributed by atoms with Gasteiger partial charge in [0, 0.05) is 12.3 Å². The van der Waals surface area contributed by atoms with E-state index in [1.165, 1.54) is 7.11 Å². The van der Waals surface area contributed by atoms with Crippen molar-refractivity contribution in [3.63, 3.8) is 0 Å². The molecule has 15 heavy (non-hydrogen) atoms. The molecule has 0 saturated heterocycles. The van der Waals surface area contributed by atoms with Crippen LogP contribution in [0.25, 0.3) is 5.82 Å². The van der Waals surface area contributed by atoms with Gasteiger partial charge in [0.25, 0.3) is 0 Å². The molecule has 0 aliphatic heterocycles. The van der Waals surface area contributed by atoms with E-state index in [1.54, 1.807) is 16.9 Å². The zero-order valence-electron chi connectivity index (χ0n) is 7.88. The van der Waals surface area contributed by atoms with Crippen LogP contribution in [0.2, 0.25) is 0 Å². The highest BCUT2D eigenvalue weighted by Gasteiger charge is 2.05. The van der Waals surface area contributed by atoms with Gasteiger partial charge in [0.2, 0.25) is 11.8 Å². The first-order valence-electron chi connectivity index (χ1n) is 4.08. The Hall–Kier alpha value is -1.38. The topological polar surface area (TPSA) is 78.8 Å². The van der Waals surface area contributed by atoms with Crippen molar-refractivity contribution in [3.8, 4) is 11.7 Å². The van der Waals surface area contributed by atoms with Gasteiger partial charge in [-0.2, -0.15) is 15.1 Å². The van der Waals surface area contributed by atoms with E-state index in [1.807, 2.05) is 6.20 Å². The third kappa shape index (κ3) is 2.17. The monoisotopic (exact) mass is 317 g/mol. The molecule has 2 heterocycles. The Morgan fingerprint density at radius 2 is 2.27 bits per heavy atom. The normalized spacial score (nSPS) is 10.3. The molecular weight excluding hydrogens is 309 g/mol. The summed E-state index contributed by atoms with van der Waals surface area (Å²) >= 11 is 2.16. The fourth-order valence-corrected chi connectivity index (χ4v) is 1.47. The minimum Gasteiger partial charge on any atom is -0.481 e. The molecular formula is C8H8IN5O. The highest BCUT2D eigenvalue weighted by atomic mass is 127. The summed E-state index contributed by atoms with van der Waals surface area (Å²) in [4.78, 5) is 7.94. The van der Waals surface area contributed by atoms with Crippen LogP contribution in [0, 0.1) is 3.57 Å². The van der Waals surface area contributed by atoms with Crippen molar-refractivity contribution >= 4 is 28.5 Å². The van der Waals surface area contributed by atoms with Crippen LogP contribution >= 0.6 is 22.6 Å². The SMILES string of the molecule is COc1cc(-n2cc(I)cn2)nc(N)n1. The van der Waals surface area contributed by atoms with Crippen LogP contribution in [0.5, 0.6) is 5.88 Å². The number of aromatic nitrogens is 4. The van der Waals surface area contributed by atoms with E-state index in [0.29, 0.717) is 11.7 Å². The van der Waals surface area contributed by atoms with Crippen LogP contribution < -0.4 is 10.5 Å². The zero-order valence-corrected chi connectivity index (χ0v) is 10.0. The zero-order chi connectivity index (χ0) is 10.8. The molecule has 6 nitrogen and oxygen atoms in total. The standard InChI is InChI=1S/C8H8IN5O/c1-15-7-2-6(12-8(10)13-7)14-4-5(9)3-11-14/h2-4H,1H3,(H2,10,12,13). The van der Waals surface area contributed by atoms with Crippen molar-refractivity contribution in [1.82, 2.24) is 19.7 Å². The summed E-state index contributed by atoms with van der Waals surface area (Å²) < 4.78 is 7.62. The highest BCUT2D eigenvalue weighted by Crippen LogP contribution is 2.14. The van der Waals surface area contributed by atoms with Crippen LogP contribution in [0.4, 0.5) is 5.95 Å². The molecule has 2 rings (SSSR count). The molecule has 0 radical (unpaired) electrons. The first-order valence-corrected chi connectivity index (χ1v) is 5.16. The first-order chi connectivity index (χ1) is 7.19. The van der Waals surface area contributed by atoms with E-state index < -0.39 is 0 Å². The van der Waals surface area contributed by atoms with E-state index in [0.717, 1.165) is 3.57 Å². The Morgan fingerprint density at radius 1 is 1.47 bits per heavy atom. The lowest BCUT2D eigenvalue weighted by Gasteiger charge is -2.03. The number of rotatable bonds is 2. The highest BCUT2D eigenvalue weighted by molar-refractivity contribution is 14.1. The third-order valence-corrected chi connectivity index (χ3v) is 2.26. The minimum atomic E-state index is 0.162. The number of nitrogens with zero attached hydrogens (tertiary/aromatic N) is 4. The summed E-state index contributed by atoms with van der Waals surface area (Å²) in [6.07, 6.45) is 3.56. The van der Waals surface area contributed by atoms with Crippen molar-refractivity contribution in [2.45, 2.75) is 0 Å².